The van der Waals surface area contributed by atoms with Gasteiger partial charge in [-0.05, 0) is 42.3 Å². The molecule has 0 spiro atoms. The van der Waals surface area contributed by atoms with Gasteiger partial charge in [0.05, 0.1) is 7.11 Å². The smallest absolute Gasteiger partial charge is 0.328 e. The molecule has 0 bridgehead atoms. The molecule has 0 saturated carbocycles. The maximum atomic E-state index is 12.3. The van der Waals surface area contributed by atoms with E-state index in [4.69, 9.17) is 21.1 Å². The molecule has 2 N–H and O–H groups in total. The molecule has 0 aliphatic carbocycles. The second kappa shape index (κ2) is 8.80. The Bertz CT molecular complexity index is 999. The summed E-state index contributed by atoms with van der Waals surface area (Å²) in [4.78, 5) is 27.6. The third-order valence-electron chi connectivity index (χ3n) is 4.42. The Morgan fingerprint density at radius 1 is 1.21 bits per heavy atom. The van der Waals surface area contributed by atoms with Crippen LogP contribution in [0.4, 0.5) is 0 Å². The number of nitrogens with one attached hydrogen (secondary N) is 2. The number of fused-ring (bicyclic) bond motifs is 1. The molecular formula is C21H21ClN2O4. The van der Waals surface area contributed by atoms with E-state index >= 15 is 0 Å². The third-order valence-corrected chi connectivity index (χ3v) is 4.84. The molecule has 1 unspecified atom stereocenters. The monoisotopic (exact) mass is 400 g/mol. The van der Waals surface area contributed by atoms with E-state index in [0.29, 0.717) is 17.2 Å². The fourth-order valence-corrected chi connectivity index (χ4v) is 3.07. The Kier molecular flexibility index (Phi) is 6.21. The minimum absolute atomic E-state index is 0.220. The number of methoxy groups -OCH3 is 1. The van der Waals surface area contributed by atoms with E-state index in [1.807, 2.05) is 37.4 Å². The molecule has 2 aromatic carbocycles. The molecule has 146 valence electrons. The molecule has 1 atom stereocenters. The van der Waals surface area contributed by atoms with Crippen LogP contribution in [0.5, 0.6) is 5.75 Å². The molecule has 6 nitrogen and oxygen atoms in total. The Hall–Kier alpha value is -2.99. The highest BCUT2D eigenvalue weighted by atomic mass is 35.5. The molecule has 0 aliphatic heterocycles. The number of carbonyl (C=O) groups excluding carboxylic acids is 2. The number of rotatable bonds is 7. The molecule has 0 aliphatic rings. The van der Waals surface area contributed by atoms with Crippen LogP contribution < -0.4 is 10.1 Å². The van der Waals surface area contributed by atoms with Gasteiger partial charge in [-0.3, -0.25) is 4.79 Å². The topological polar surface area (TPSA) is 80.4 Å². The van der Waals surface area contributed by atoms with Crippen LogP contribution in [0.2, 0.25) is 5.02 Å². The number of esters is 1. The number of ether oxygens (including phenoxy) is 2. The average Bonchev–Trinajstić information content (AvgIpc) is 3.11. The van der Waals surface area contributed by atoms with E-state index < -0.39 is 17.9 Å². The number of aromatic nitrogens is 1. The Balaban J connectivity index is 1.65. The van der Waals surface area contributed by atoms with Crippen LogP contribution in [0, 0.1) is 6.92 Å². The normalized spacial score (nSPS) is 11.8. The number of hydrogen-bond donors (Lipinski definition) is 2. The van der Waals surface area contributed by atoms with Crippen LogP contribution in [0.3, 0.4) is 0 Å². The average molecular weight is 401 g/mol. The quantitative estimate of drug-likeness (QED) is 0.595. The molecule has 3 rings (SSSR count). The first-order chi connectivity index (χ1) is 13.5. The molecule has 1 amide bonds. The minimum atomic E-state index is -0.813. The Morgan fingerprint density at radius 3 is 2.75 bits per heavy atom. The highest BCUT2D eigenvalue weighted by Crippen LogP contribution is 2.21. The summed E-state index contributed by atoms with van der Waals surface area (Å²) >= 11 is 5.98. The Morgan fingerprint density at radius 2 is 2.00 bits per heavy atom. The molecule has 0 radical (unpaired) electrons. The van der Waals surface area contributed by atoms with E-state index in [0.717, 1.165) is 22.0 Å². The third kappa shape index (κ3) is 4.64. The fraction of sp³-hybridized carbons (Fsp3) is 0.238. The van der Waals surface area contributed by atoms with Gasteiger partial charge in [0.1, 0.15) is 11.8 Å². The van der Waals surface area contributed by atoms with Crippen molar-refractivity contribution >= 4 is 34.4 Å². The van der Waals surface area contributed by atoms with Crippen LogP contribution in [-0.4, -0.2) is 36.6 Å². The van der Waals surface area contributed by atoms with Gasteiger partial charge in [-0.2, -0.15) is 0 Å². The first-order valence-electron chi connectivity index (χ1n) is 8.79. The van der Waals surface area contributed by atoms with E-state index in [9.17, 15) is 9.59 Å². The number of amides is 1. The van der Waals surface area contributed by atoms with Crippen molar-refractivity contribution in [2.24, 2.45) is 0 Å². The number of para-hydroxylation sites is 1. The lowest BCUT2D eigenvalue weighted by molar-refractivity contribution is -0.145. The molecule has 1 heterocycles. The van der Waals surface area contributed by atoms with Crippen LogP contribution in [-0.2, 0) is 20.7 Å². The maximum Gasteiger partial charge on any atom is 0.328 e. The van der Waals surface area contributed by atoms with Crippen LogP contribution in [0.15, 0.2) is 48.7 Å². The van der Waals surface area contributed by atoms with E-state index in [2.05, 4.69) is 10.3 Å². The van der Waals surface area contributed by atoms with Crippen LogP contribution in [0.25, 0.3) is 10.9 Å². The molecule has 3 aromatic rings. The lowest BCUT2D eigenvalue weighted by atomic mass is 10.0. The van der Waals surface area contributed by atoms with Crippen molar-refractivity contribution < 1.29 is 19.1 Å². The summed E-state index contributed by atoms with van der Waals surface area (Å²) in [7, 11) is 1.30. The zero-order valence-corrected chi connectivity index (χ0v) is 16.4. The molecule has 28 heavy (non-hydrogen) atoms. The summed E-state index contributed by atoms with van der Waals surface area (Å²) in [5, 5.41) is 4.31. The molecule has 0 saturated heterocycles. The zero-order valence-electron chi connectivity index (χ0n) is 15.6. The maximum absolute atomic E-state index is 12.3. The number of carbonyl (C=O) groups is 2. The summed E-state index contributed by atoms with van der Waals surface area (Å²) in [5.74, 6) is -0.396. The minimum Gasteiger partial charge on any atom is -0.484 e. The van der Waals surface area contributed by atoms with Crippen LogP contribution in [0.1, 0.15) is 11.1 Å². The standard InChI is InChI=1S/C21H21ClN2O4/c1-13-9-15(7-8-17(13)22)28-12-20(25)24-19(21(26)27-2)10-14-11-23-18-6-4-3-5-16(14)18/h3-9,11,19,23H,10,12H2,1-2H3,(H,24,25). The van der Waals surface area contributed by atoms with Crippen molar-refractivity contribution in [3.63, 3.8) is 0 Å². The van der Waals surface area contributed by atoms with E-state index in [1.165, 1.54) is 7.11 Å². The lowest BCUT2D eigenvalue weighted by Crippen LogP contribution is -2.44. The van der Waals surface area contributed by atoms with E-state index in [1.54, 1.807) is 18.2 Å². The van der Waals surface area contributed by atoms with Crippen molar-refractivity contribution in [3.05, 3.63) is 64.8 Å². The summed E-state index contributed by atoms with van der Waals surface area (Å²) in [6, 6.07) is 12.1. The highest BCUT2D eigenvalue weighted by Gasteiger charge is 2.23. The van der Waals surface area contributed by atoms with Gasteiger partial charge in [0, 0.05) is 28.5 Å². The number of hydrogen-bond acceptors (Lipinski definition) is 4. The first-order valence-corrected chi connectivity index (χ1v) is 9.17. The van der Waals surface area contributed by atoms with Crippen molar-refractivity contribution in [2.75, 3.05) is 13.7 Å². The largest absolute Gasteiger partial charge is 0.484 e. The fourth-order valence-electron chi connectivity index (χ4n) is 2.95. The van der Waals surface area contributed by atoms with Gasteiger partial charge >= 0.3 is 5.97 Å². The summed E-state index contributed by atoms with van der Waals surface area (Å²) in [5.41, 5.74) is 2.74. The van der Waals surface area contributed by atoms with Gasteiger partial charge < -0.3 is 19.8 Å². The van der Waals surface area contributed by atoms with Gasteiger partial charge in [0.2, 0.25) is 0 Å². The second-order valence-electron chi connectivity index (χ2n) is 6.41. The van der Waals surface area contributed by atoms with Crippen LogP contribution >= 0.6 is 11.6 Å². The Labute approximate surface area is 167 Å². The predicted octanol–water partition coefficient (Wildman–Crippen LogP) is 3.41. The SMILES string of the molecule is COC(=O)C(Cc1c[nH]c2ccccc12)NC(=O)COc1ccc(Cl)c(C)c1. The van der Waals surface area contributed by atoms with Gasteiger partial charge in [-0.15, -0.1) is 0 Å². The van der Waals surface area contributed by atoms with Crippen molar-refractivity contribution in [2.45, 2.75) is 19.4 Å². The first kappa shape index (κ1) is 19.8. The zero-order chi connectivity index (χ0) is 20.1. The number of benzene rings is 2. The van der Waals surface area contributed by atoms with Crippen molar-refractivity contribution in [1.29, 1.82) is 0 Å². The number of H-pyrrole nitrogens is 1. The summed E-state index contributed by atoms with van der Waals surface area (Å²) in [6.07, 6.45) is 2.14. The predicted molar refractivity (Wildman–Crippen MR) is 108 cm³/mol. The summed E-state index contributed by atoms with van der Waals surface area (Å²) < 4.78 is 10.3. The van der Waals surface area contributed by atoms with Gasteiger partial charge in [-0.1, -0.05) is 29.8 Å². The molecule has 1 aromatic heterocycles. The van der Waals surface area contributed by atoms with Crippen molar-refractivity contribution in [1.82, 2.24) is 10.3 Å². The summed E-state index contributed by atoms with van der Waals surface area (Å²) in [6.45, 7) is 1.63. The van der Waals surface area contributed by atoms with E-state index in [-0.39, 0.29) is 6.61 Å². The van der Waals surface area contributed by atoms with Gasteiger partial charge in [0.15, 0.2) is 6.61 Å². The number of halogens is 1. The number of aromatic amines is 1. The number of aryl methyl sites for hydroxylation is 1. The molecular weight excluding hydrogens is 380 g/mol. The van der Waals surface area contributed by atoms with Gasteiger partial charge in [-0.25, -0.2) is 4.79 Å². The molecule has 0 fully saturated rings. The highest BCUT2D eigenvalue weighted by molar-refractivity contribution is 6.31. The molecule has 7 heteroatoms. The van der Waals surface area contributed by atoms with Crippen molar-refractivity contribution in [3.8, 4) is 5.75 Å². The van der Waals surface area contributed by atoms with Gasteiger partial charge in [0.25, 0.3) is 5.91 Å². The lowest BCUT2D eigenvalue weighted by Gasteiger charge is -2.16. The second-order valence-corrected chi connectivity index (χ2v) is 6.81.